The number of halogens is 1. The molecular weight excluding hydrogens is 293 g/mol. The van der Waals surface area contributed by atoms with E-state index in [0.29, 0.717) is 11.5 Å². The Balaban J connectivity index is 2.49. The van der Waals surface area contributed by atoms with Gasteiger partial charge in [0.05, 0.1) is 11.9 Å². The molecule has 14 heavy (non-hydrogen) atoms. The second-order valence-corrected chi connectivity index (χ2v) is 3.80. The largest absolute Gasteiger partial charge is 0.334 e. The van der Waals surface area contributed by atoms with E-state index < -0.39 is 0 Å². The number of hydrogen-bond donors (Lipinski definition) is 1. The van der Waals surface area contributed by atoms with Crippen LogP contribution in [0.15, 0.2) is 24.5 Å². The maximum absolute atomic E-state index is 10.4. The molecule has 0 saturated carbocycles. The molecule has 4 nitrogen and oxygen atoms in total. The van der Waals surface area contributed by atoms with Crippen LogP contribution in [0.4, 0.5) is 0 Å². The molecule has 70 valence electrons. The number of aldehydes is 1. The molecule has 0 unspecified atom stereocenters. The molecule has 0 fully saturated rings. The first kappa shape index (κ1) is 9.32. The lowest BCUT2D eigenvalue weighted by molar-refractivity contribution is 0.111. The average Bonchev–Trinajstić information content (AvgIpc) is 2.67. The summed E-state index contributed by atoms with van der Waals surface area (Å²) < 4.78 is 0.997. The fourth-order valence-electron chi connectivity index (χ4n) is 1.08. The lowest BCUT2D eigenvalue weighted by atomic mass is 10.3. The van der Waals surface area contributed by atoms with E-state index in [4.69, 9.17) is 0 Å². The molecule has 2 rings (SSSR count). The summed E-state index contributed by atoms with van der Waals surface area (Å²) in [6, 6.07) is 3.79. The van der Waals surface area contributed by atoms with Crippen molar-refractivity contribution in [1.82, 2.24) is 15.0 Å². The maximum Gasteiger partial charge on any atom is 0.167 e. The van der Waals surface area contributed by atoms with E-state index in [1.165, 1.54) is 6.20 Å². The van der Waals surface area contributed by atoms with Crippen molar-refractivity contribution in [2.24, 2.45) is 0 Å². The van der Waals surface area contributed by atoms with E-state index in [0.717, 1.165) is 15.6 Å². The SMILES string of the molecule is O=Cc1cnc(-c2ncccc2I)[nH]1. The Hall–Kier alpha value is -1.24. The minimum Gasteiger partial charge on any atom is -0.334 e. The van der Waals surface area contributed by atoms with Crippen LogP contribution in [0.3, 0.4) is 0 Å². The van der Waals surface area contributed by atoms with Gasteiger partial charge in [0, 0.05) is 9.77 Å². The molecule has 0 saturated heterocycles. The number of pyridine rings is 1. The first-order valence-electron chi connectivity index (χ1n) is 3.92. The lowest BCUT2D eigenvalue weighted by Gasteiger charge is -1.97. The van der Waals surface area contributed by atoms with Gasteiger partial charge in [-0.15, -0.1) is 0 Å². The summed E-state index contributed by atoms with van der Waals surface area (Å²) in [7, 11) is 0. The van der Waals surface area contributed by atoms with Gasteiger partial charge in [0.15, 0.2) is 12.1 Å². The first-order chi connectivity index (χ1) is 6.81. The second-order valence-electron chi connectivity index (χ2n) is 2.64. The van der Waals surface area contributed by atoms with E-state index in [-0.39, 0.29) is 0 Å². The van der Waals surface area contributed by atoms with Crippen molar-refractivity contribution < 1.29 is 4.79 Å². The van der Waals surface area contributed by atoms with E-state index in [1.54, 1.807) is 6.20 Å². The standard InChI is InChI=1S/C9H6IN3O/c10-7-2-1-3-11-8(7)9-12-4-6(5-14)13-9/h1-5H,(H,12,13). The molecule has 0 aromatic carbocycles. The number of nitrogens with zero attached hydrogens (tertiary/aromatic N) is 2. The number of nitrogens with one attached hydrogen (secondary N) is 1. The highest BCUT2D eigenvalue weighted by molar-refractivity contribution is 14.1. The van der Waals surface area contributed by atoms with Crippen LogP contribution in [-0.4, -0.2) is 21.2 Å². The number of rotatable bonds is 2. The van der Waals surface area contributed by atoms with Gasteiger partial charge >= 0.3 is 0 Å². The van der Waals surface area contributed by atoms with Crippen molar-refractivity contribution in [3.63, 3.8) is 0 Å². The summed E-state index contributed by atoms with van der Waals surface area (Å²) in [4.78, 5) is 21.6. The second kappa shape index (κ2) is 3.87. The molecule has 5 heteroatoms. The molecule has 2 aromatic rings. The molecule has 0 amide bonds. The van der Waals surface area contributed by atoms with Crippen molar-refractivity contribution in [3.8, 4) is 11.5 Å². The predicted molar refractivity (Wildman–Crippen MR) is 59.9 cm³/mol. The van der Waals surface area contributed by atoms with E-state index in [9.17, 15) is 4.79 Å². The van der Waals surface area contributed by atoms with Gasteiger partial charge in [-0.3, -0.25) is 9.78 Å². The molecule has 0 bridgehead atoms. The van der Waals surface area contributed by atoms with Crippen LogP contribution in [0.1, 0.15) is 10.5 Å². The van der Waals surface area contributed by atoms with Crippen LogP contribution in [0.25, 0.3) is 11.5 Å². The molecule has 0 aliphatic heterocycles. The van der Waals surface area contributed by atoms with Crippen LogP contribution >= 0.6 is 22.6 Å². The summed E-state index contributed by atoms with van der Waals surface area (Å²) in [6.45, 7) is 0. The van der Waals surface area contributed by atoms with Gasteiger partial charge in [0.25, 0.3) is 0 Å². The Kier molecular flexibility index (Phi) is 2.58. The van der Waals surface area contributed by atoms with Crippen molar-refractivity contribution in [1.29, 1.82) is 0 Å². The zero-order valence-electron chi connectivity index (χ0n) is 7.07. The molecule has 1 N–H and O–H groups in total. The predicted octanol–water partition coefficient (Wildman–Crippen LogP) is 1.89. The number of H-pyrrole nitrogens is 1. The zero-order valence-corrected chi connectivity index (χ0v) is 9.22. The van der Waals surface area contributed by atoms with Crippen LogP contribution in [0.2, 0.25) is 0 Å². The van der Waals surface area contributed by atoms with Crippen LogP contribution < -0.4 is 0 Å². The summed E-state index contributed by atoms with van der Waals surface area (Å²) in [5.41, 5.74) is 1.22. The monoisotopic (exact) mass is 299 g/mol. The van der Waals surface area contributed by atoms with Gasteiger partial charge in [-0.1, -0.05) is 0 Å². The highest BCUT2D eigenvalue weighted by Gasteiger charge is 2.07. The van der Waals surface area contributed by atoms with Crippen LogP contribution in [-0.2, 0) is 0 Å². The van der Waals surface area contributed by atoms with Crippen molar-refractivity contribution in [2.45, 2.75) is 0 Å². The molecule has 0 aliphatic rings. The van der Waals surface area contributed by atoms with E-state index in [1.807, 2.05) is 12.1 Å². The minimum absolute atomic E-state index is 0.460. The topological polar surface area (TPSA) is 58.6 Å². The van der Waals surface area contributed by atoms with Crippen LogP contribution in [0, 0.1) is 3.57 Å². The van der Waals surface area contributed by atoms with Crippen LogP contribution in [0.5, 0.6) is 0 Å². The highest BCUT2D eigenvalue weighted by atomic mass is 127. The number of imidazole rings is 1. The third-order valence-electron chi connectivity index (χ3n) is 1.71. The molecule has 0 spiro atoms. The molecular formula is C9H6IN3O. The number of hydrogen-bond acceptors (Lipinski definition) is 3. The third kappa shape index (κ3) is 1.67. The Morgan fingerprint density at radius 1 is 1.43 bits per heavy atom. The normalized spacial score (nSPS) is 10.1. The summed E-state index contributed by atoms with van der Waals surface area (Å²) in [6.07, 6.45) is 3.92. The van der Waals surface area contributed by atoms with E-state index >= 15 is 0 Å². The number of aromatic nitrogens is 3. The summed E-state index contributed by atoms with van der Waals surface area (Å²) >= 11 is 2.17. The van der Waals surface area contributed by atoms with Gasteiger partial charge in [-0.25, -0.2) is 4.98 Å². The number of carbonyl (C=O) groups is 1. The molecule has 2 heterocycles. The van der Waals surface area contributed by atoms with Gasteiger partial charge in [0.1, 0.15) is 5.69 Å². The Labute approximate surface area is 93.9 Å². The van der Waals surface area contributed by atoms with Crippen molar-refractivity contribution in [2.75, 3.05) is 0 Å². The lowest BCUT2D eigenvalue weighted by Crippen LogP contribution is -1.89. The Morgan fingerprint density at radius 3 is 2.93 bits per heavy atom. The average molecular weight is 299 g/mol. The van der Waals surface area contributed by atoms with Gasteiger partial charge < -0.3 is 4.98 Å². The summed E-state index contributed by atoms with van der Waals surface area (Å²) in [5, 5.41) is 0. The quantitative estimate of drug-likeness (QED) is 0.680. The maximum atomic E-state index is 10.4. The molecule has 2 aromatic heterocycles. The fourth-order valence-corrected chi connectivity index (χ4v) is 1.68. The molecule has 0 atom stereocenters. The zero-order chi connectivity index (χ0) is 9.97. The van der Waals surface area contributed by atoms with Gasteiger partial charge in [-0.2, -0.15) is 0 Å². The van der Waals surface area contributed by atoms with Gasteiger partial charge in [0.2, 0.25) is 0 Å². The van der Waals surface area contributed by atoms with Crippen molar-refractivity contribution >= 4 is 28.9 Å². The Bertz CT molecular complexity index is 467. The van der Waals surface area contributed by atoms with Crippen molar-refractivity contribution in [3.05, 3.63) is 33.8 Å². The highest BCUT2D eigenvalue weighted by Crippen LogP contribution is 2.18. The number of aromatic amines is 1. The first-order valence-corrected chi connectivity index (χ1v) is 5.00. The third-order valence-corrected chi connectivity index (χ3v) is 2.58. The fraction of sp³-hybridized carbons (Fsp3) is 0. The van der Waals surface area contributed by atoms with E-state index in [2.05, 4.69) is 37.5 Å². The minimum atomic E-state index is 0.460. The molecule has 0 radical (unpaired) electrons. The molecule has 0 aliphatic carbocycles. The Morgan fingerprint density at radius 2 is 2.29 bits per heavy atom. The summed E-state index contributed by atoms with van der Waals surface area (Å²) in [5.74, 6) is 0.622. The number of carbonyl (C=O) groups excluding carboxylic acids is 1. The van der Waals surface area contributed by atoms with Gasteiger partial charge in [-0.05, 0) is 34.7 Å². The smallest absolute Gasteiger partial charge is 0.167 e.